The van der Waals surface area contributed by atoms with Crippen LogP contribution in [0.25, 0.3) is 41.7 Å². The van der Waals surface area contributed by atoms with E-state index in [1.165, 1.54) is 34.6 Å². The van der Waals surface area contributed by atoms with Gasteiger partial charge in [0.2, 0.25) is 0 Å². The molecule has 5 rings (SSSR count). The van der Waals surface area contributed by atoms with Gasteiger partial charge in [-0.15, -0.1) is 11.3 Å². The highest BCUT2D eigenvalue weighted by Gasteiger charge is 2.08. The number of rotatable bonds is 3. The van der Waals surface area contributed by atoms with E-state index < -0.39 is 0 Å². The number of aryl methyl sites for hydroxylation is 1. The molecule has 0 saturated carbocycles. The van der Waals surface area contributed by atoms with Gasteiger partial charge in [0.25, 0.3) is 0 Å². The van der Waals surface area contributed by atoms with Crippen molar-refractivity contribution in [1.29, 1.82) is 0 Å². The summed E-state index contributed by atoms with van der Waals surface area (Å²) in [5, 5.41) is 6.50. The molecule has 5 aromatic rings. The predicted octanol–water partition coefficient (Wildman–Crippen LogP) is 7.06. The molecule has 0 N–H and O–H groups in total. The normalized spacial score (nSPS) is 11.7. The SMILES string of the molecule is CCCCc1ccc2cc3cc4sc5ccccc5c(=O)c4cc3cc2c1. The molecule has 0 radical (unpaired) electrons. The summed E-state index contributed by atoms with van der Waals surface area (Å²) in [4.78, 5) is 13.0. The summed E-state index contributed by atoms with van der Waals surface area (Å²) in [6.07, 6.45) is 3.56. The van der Waals surface area contributed by atoms with Gasteiger partial charge in [0.15, 0.2) is 5.43 Å². The van der Waals surface area contributed by atoms with Gasteiger partial charge in [-0.1, -0.05) is 43.7 Å². The number of hydrogen-bond donors (Lipinski definition) is 0. The Balaban J connectivity index is 1.78. The van der Waals surface area contributed by atoms with Gasteiger partial charge in [-0.25, -0.2) is 0 Å². The predicted molar refractivity (Wildman–Crippen MR) is 119 cm³/mol. The van der Waals surface area contributed by atoms with Crippen molar-refractivity contribution >= 4 is 53.1 Å². The molecule has 2 heteroatoms. The summed E-state index contributed by atoms with van der Waals surface area (Å²) in [5.74, 6) is 0. The monoisotopic (exact) mass is 368 g/mol. The number of benzene rings is 4. The maximum atomic E-state index is 13.0. The van der Waals surface area contributed by atoms with Crippen LogP contribution >= 0.6 is 11.3 Å². The van der Waals surface area contributed by atoms with Crippen LogP contribution in [0.4, 0.5) is 0 Å². The highest BCUT2D eigenvalue weighted by molar-refractivity contribution is 7.24. The van der Waals surface area contributed by atoms with Gasteiger partial charge in [-0.05, 0) is 76.3 Å². The van der Waals surface area contributed by atoms with E-state index in [9.17, 15) is 4.79 Å². The molecule has 0 spiro atoms. The third-order valence-corrected chi connectivity index (χ3v) is 6.51. The molecule has 0 fully saturated rings. The summed E-state index contributed by atoms with van der Waals surface area (Å²) in [7, 11) is 0. The Kier molecular flexibility index (Phi) is 3.95. The smallest absolute Gasteiger partial charge is 0.195 e. The second-order valence-electron chi connectivity index (χ2n) is 7.26. The summed E-state index contributed by atoms with van der Waals surface area (Å²) in [6.45, 7) is 2.23. The van der Waals surface area contributed by atoms with E-state index in [1.807, 2.05) is 24.3 Å². The Bertz CT molecular complexity index is 1380. The zero-order chi connectivity index (χ0) is 18.4. The quantitative estimate of drug-likeness (QED) is 0.311. The van der Waals surface area contributed by atoms with E-state index in [2.05, 4.69) is 49.4 Å². The minimum Gasteiger partial charge on any atom is -0.289 e. The first-order valence-corrected chi connectivity index (χ1v) is 10.4. The average molecular weight is 369 g/mol. The largest absolute Gasteiger partial charge is 0.289 e. The van der Waals surface area contributed by atoms with Crippen LogP contribution in [0.3, 0.4) is 0 Å². The first kappa shape index (κ1) is 16.5. The maximum absolute atomic E-state index is 13.0. The van der Waals surface area contributed by atoms with Crippen LogP contribution in [0.1, 0.15) is 25.3 Å². The summed E-state index contributed by atoms with van der Waals surface area (Å²) < 4.78 is 2.11. The lowest BCUT2D eigenvalue weighted by atomic mass is 9.99. The second-order valence-corrected chi connectivity index (χ2v) is 8.34. The van der Waals surface area contributed by atoms with Crippen LogP contribution in [0.5, 0.6) is 0 Å². The fourth-order valence-corrected chi connectivity index (χ4v) is 4.98. The molecule has 0 aliphatic heterocycles. The van der Waals surface area contributed by atoms with Gasteiger partial charge in [-0.2, -0.15) is 0 Å². The molecule has 4 aromatic carbocycles. The Morgan fingerprint density at radius 2 is 1.52 bits per heavy atom. The third kappa shape index (κ3) is 2.81. The van der Waals surface area contributed by atoms with Crippen LogP contribution in [0.2, 0.25) is 0 Å². The van der Waals surface area contributed by atoms with Crippen molar-refractivity contribution in [3.05, 3.63) is 82.5 Å². The van der Waals surface area contributed by atoms with Crippen LogP contribution in [-0.2, 0) is 6.42 Å². The summed E-state index contributed by atoms with van der Waals surface area (Å²) in [6, 6.07) is 23.4. The molecule has 1 aromatic heterocycles. The third-order valence-electron chi connectivity index (χ3n) is 5.37. The van der Waals surface area contributed by atoms with Gasteiger partial charge in [0.05, 0.1) is 0 Å². The topological polar surface area (TPSA) is 17.1 Å². The Labute approximate surface area is 161 Å². The fourth-order valence-electron chi connectivity index (χ4n) is 3.88. The van der Waals surface area contributed by atoms with E-state index in [4.69, 9.17) is 0 Å². The molecule has 1 nitrogen and oxygen atoms in total. The number of unbranched alkanes of at least 4 members (excludes halogenated alkanes) is 1. The van der Waals surface area contributed by atoms with E-state index in [0.29, 0.717) is 0 Å². The summed E-state index contributed by atoms with van der Waals surface area (Å²) in [5.41, 5.74) is 1.53. The standard InChI is InChI=1S/C25H20OS/c1-2-3-6-16-9-10-17-12-20-15-24-22(14-19(20)13-18(17)11-16)25(26)21-7-4-5-8-23(21)27-24/h4-5,7-15H,2-3,6H2,1H3. The van der Waals surface area contributed by atoms with Gasteiger partial charge in [0, 0.05) is 20.2 Å². The highest BCUT2D eigenvalue weighted by atomic mass is 32.1. The Morgan fingerprint density at radius 3 is 2.41 bits per heavy atom. The molecule has 27 heavy (non-hydrogen) atoms. The molecule has 0 aliphatic carbocycles. The van der Waals surface area contributed by atoms with Crippen LogP contribution in [0.15, 0.2) is 71.5 Å². The number of fused-ring (bicyclic) bond motifs is 4. The number of hydrogen-bond acceptors (Lipinski definition) is 2. The lowest BCUT2D eigenvalue weighted by Gasteiger charge is -2.07. The van der Waals surface area contributed by atoms with Crippen molar-refractivity contribution in [2.45, 2.75) is 26.2 Å². The van der Waals surface area contributed by atoms with Crippen molar-refractivity contribution in [1.82, 2.24) is 0 Å². The molecule has 0 amide bonds. The van der Waals surface area contributed by atoms with Crippen LogP contribution in [0, 0.1) is 0 Å². The Morgan fingerprint density at radius 1 is 0.741 bits per heavy atom. The van der Waals surface area contributed by atoms with Crippen LogP contribution in [-0.4, -0.2) is 0 Å². The lowest BCUT2D eigenvalue weighted by Crippen LogP contribution is -2.00. The van der Waals surface area contributed by atoms with Crippen LogP contribution < -0.4 is 5.43 Å². The van der Waals surface area contributed by atoms with Gasteiger partial charge < -0.3 is 0 Å². The van der Waals surface area contributed by atoms with Crippen molar-refractivity contribution in [2.24, 2.45) is 0 Å². The second kappa shape index (κ2) is 6.47. The molecule has 1 heterocycles. The van der Waals surface area contributed by atoms with E-state index >= 15 is 0 Å². The molecule has 0 unspecified atom stereocenters. The first-order chi connectivity index (χ1) is 13.2. The molecular formula is C25H20OS. The van der Waals surface area contributed by atoms with E-state index in [-0.39, 0.29) is 5.43 Å². The summed E-state index contributed by atoms with van der Waals surface area (Å²) >= 11 is 1.70. The van der Waals surface area contributed by atoms with Gasteiger partial charge in [0.1, 0.15) is 0 Å². The van der Waals surface area contributed by atoms with Gasteiger partial charge in [-0.3, -0.25) is 4.79 Å². The molecule has 0 aliphatic rings. The Hall–Kier alpha value is -2.71. The average Bonchev–Trinajstić information content (AvgIpc) is 2.70. The zero-order valence-electron chi connectivity index (χ0n) is 15.3. The van der Waals surface area contributed by atoms with Gasteiger partial charge >= 0.3 is 0 Å². The molecule has 0 saturated heterocycles. The zero-order valence-corrected chi connectivity index (χ0v) is 16.1. The minimum atomic E-state index is 0.137. The molecular weight excluding hydrogens is 348 g/mol. The molecule has 132 valence electrons. The highest BCUT2D eigenvalue weighted by Crippen LogP contribution is 2.31. The molecule has 0 atom stereocenters. The maximum Gasteiger partial charge on any atom is 0.195 e. The van der Waals surface area contributed by atoms with E-state index in [1.54, 1.807) is 11.3 Å². The van der Waals surface area contributed by atoms with Crippen molar-refractivity contribution in [3.8, 4) is 0 Å². The minimum absolute atomic E-state index is 0.137. The van der Waals surface area contributed by atoms with Crippen molar-refractivity contribution in [3.63, 3.8) is 0 Å². The first-order valence-electron chi connectivity index (χ1n) is 9.55. The van der Waals surface area contributed by atoms with E-state index in [0.717, 1.165) is 32.0 Å². The fraction of sp³-hybridized carbons (Fsp3) is 0.160. The van der Waals surface area contributed by atoms with Crippen molar-refractivity contribution < 1.29 is 0 Å². The molecule has 0 bridgehead atoms. The van der Waals surface area contributed by atoms with Crippen molar-refractivity contribution in [2.75, 3.05) is 0 Å². The lowest BCUT2D eigenvalue weighted by molar-refractivity contribution is 0.796.